The topological polar surface area (TPSA) is 70.9 Å². The summed E-state index contributed by atoms with van der Waals surface area (Å²) in [7, 11) is 0. The molecule has 0 fully saturated rings. The van der Waals surface area contributed by atoms with Crippen molar-refractivity contribution in [3.8, 4) is 11.5 Å². The smallest absolute Gasteiger partial charge is 0.387 e. The van der Waals surface area contributed by atoms with Crippen molar-refractivity contribution in [2.75, 3.05) is 0 Å². The van der Waals surface area contributed by atoms with Crippen molar-refractivity contribution in [2.45, 2.75) is 6.61 Å². The van der Waals surface area contributed by atoms with Gasteiger partial charge >= 0.3 is 6.61 Å². The molecule has 7 heteroatoms. The largest absolute Gasteiger partial charge is 0.508 e. The molecule has 2 N–H and O–H groups in total. The number of halogens is 2. The van der Waals surface area contributed by atoms with E-state index in [9.17, 15) is 18.7 Å². The molecule has 0 bridgehead atoms. The van der Waals surface area contributed by atoms with E-state index in [4.69, 9.17) is 0 Å². The minimum atomic E-state index is -2.98. The third-order valence-corrected chi connectivity index (χ3v) is 3.64. The first-order valence-electron chi connectivity index (χ1n) is 7.63. The lowest BCUT2D eigenvalue weighted by atomic mass is 10.0. The maximum absolute atomic E-state index is 12.6. The maximum atomic E-state index is 12.6. The lowest BCUT2D eigenvalue weighted by Crippen LogP contribution is -2.17. The lowest BCUT2D eigenvalue weighted by Gasteiger charge is -2.10. The van der Waals surface area contributed by atoms with Crippen LogP contribution in [-0.4, -0.2) is 23.8 Å². The average Bonchev–Trinajstić information content (AvgIpc) is 2.63. The lowest BCUT2D eigenvalue weighted by molar-refractivity contribution is -0.0498. The van der Waals surface area contributed by atoms with Gasteiger partial charge in [0.05, 0.1) is 6.21 Å². The van der Waals surface area contributed by atoms with E-state index in [0.29, 0.717) is 16.5 Å². The Morgan fingerprint density at radius 1 is 1.08 bits per heavy atom. The van der Waals surface area contributed by atoms with E-state index in [1.807, 2.05) is 12.1 Å². The number of hydrogen-bond donors (Lipinski definition) is 2. The Morgan fingerprint density at radius 3 is 2.54 bits per heavy atom. The number of nitrogens with zero attached hydrogens (tertiary/aromatic N) is 1. The van der Waals surface area contributed by atoms with Gasteiger partial charge in [-0.1, -0.05) is 30.3 Å². The minimum Gasteiger partial charge on any atom is -0.508 e. The van der Waals surface area contributed by atoms with Gasteiger partial charge in [0, 0.05) is 11.1 Å². The highest BCUT2D eigenvalue weighted by Gasteiger charge is 2.12. The van der Waals surface area contributed by atoms with Crippen molar-refractivity contribution >= 4 is 22.9 Å². The van der Waals surface area contributed by atoms with Gasteiger partial charge in [0.25, 0.3) is 5.91 Å². The zero-order chi connectivity index (χ0) is 18.5. The molecule has 0 atom stereocenters. The Hall–Kier alpha value is -3.48. The zero-order valence-corrected chi connectivity index (χ0v) is 13.4. The van der Waals surface area contributed by atoms with Crippen LogP contribution in [0.3, 0.4) is 0 Å². The van der Waals surface area contributed by atoms with Crippen LogP contribution in [0.15, 0.2) is 65.8 Å². The van der Waals surface area contributed by atoms with Crippen molar-refractivity contribution in [1.29, 1.82) is 0 Å². The van der Waals surface area contributed by atoms with Crippen molar-refractivity contribution < 1.29 is 23.4 Å². The van der Waals surface area contributed by atoms with Crippen LogP contribution in [0.2, 0.25) is 0 Å². The summed E-state index contributed by atoms with van der Waals surface area (Å²) in [6.45, 7) is -2.98. The number of nitrogens with one attached hydrogen (secondary N) is 1. The Morgan fingerprint density at radius 2 is 1.81 bits per heavy atom. The van der Waals surface area contributed by atoms with Gasteiger partial charge in [-0.15, -0.1) is 0 Å². The molecule has 0 heterocycles. The van der Waals surface area contributed by atoms with Crippen molar-refractivity contribution in [2.24, 2.45) is 5.10 Å². The van der Waals surface area contributed by atoms with Gasteiger partial charge in [0.2, 0.25) is 0 Å². The quantitative estimate of drug-likeness (QED) is 0.538. The van der Waals surface area contributed by atoms with Gasteiger partial charge in [-0.05, 0) is 41.1 Å². The molecule has 1 amide bonds. The highest BCUT2D eigenvalue weighted by molar-refractivity contribution is 6.03. The Bertz CT molecular complexity index is 957. The summed E-state index contributed by atoms with van der Waals surface area (Å²) in [4.78, 5) is 12.0. The second-order valence-electron chi connectivity index (χ2n) is 5.32. The Labute approximate surface area is 147 Å². The Kier molecular flexibility index (Phi) is 5.07. The summed E-state index contributed by atoms with van der Waals surface area (Å²) >= 11 is 0. The molecule has 3 aromatic carbocycles. The monoisotopic (exact) mass is 356 g/mol. The summed E-state index contributed by atoms with van der Waals surface area (Å²) in [5.41, 5.74) is 2.94. The number of hydrogen-bond acceptors (Lipinski definition) is 4. The van der Waals surface area contributed by atoms with E-state index in [1.165, 1.54) is 36.5 Å². The van der Waals surface area contributed by atoms with Gasteiger partial charge in [0.1, 0.15) is 11.5 Å². The number of phenolic OH excluding ortho intramolecular Hbond substituents is 1. The van der Waals surface area contributed by atoms with Crippen LogP contribution in [0.5, 0.6) is 11.5 Å². The van der Waals surface area contributed by atoms with Gasteiger partial charge < -0.3 is 9.84 Å². The summed E-state index contributed by atoms with van der Waals surface area (Å²) in [6.07, 6.45) is 1.26. The van der Waals surface area contributed by atoms with Gasteiger partial charge in [-0.25, -0.2) is 5.43 Å². The molecule has 132 valence electrons. The average molecular weight is 356 g/mol. The first-order valence-corrected chi connectivity index (χ1v) is 7.63. The minimum absolute atomic E-state index is 0.0367. The second-order valence-corrected chi connectivity index (χ2v) is 5.32. The van der Waals surface area contributed by atoms with E-state index in [-0.39, 0.29) is 11.5 Å². The van der Waals surface area contributed by atoms with Crippen LogP contribution >= 0.6 is 0 Å². The number of aromatic hydroxyl groups is 1. The molecule has 0 aliphatic rings. The number of ether oxygens (including phenoxy) is 1. The number of amides is 1. The molecule has 0 saturated heterocycles. The second kappa shape index (κ2) is 7.60. The number of alkyl halides is 2. The predicted molar refractivity (Wildman–Crippen MR) is 93.7 cm³/mol. The van der Waals surface area contributed by atoms with Gasteiger partial charge in [0.15, 0.2) is 0 Å². The van der Waals surface area contributed by atoms with Crippen LogP contribution in [0, 0.1) is 0 Å². The van der Waals surface area contributed by atoms with Crippen LogP contribution < -0.4 is 10.2 Å². The maximum Gasteiger partial charge on any atom is 0.387 e. The molecule has 0 saturated carbocycles. The van der Waals surface area contributed by atoms with Crippen molar-refractivity contribution in [3.05, 3.63) is 71.8 Å². The fourth-order valence-corrected chi connectivity index (χ4v) is 2.44. The summed E-state index contributed by atoms with van der Waals surface area (Å²) < 4.78 is 29.8. The highest BCUT2D eigenvalue weighted by atomic mass is 19.3. The Balaban J connectivity index is 1.87. The van der Waals surface area contributed by atoms with Crippen molar-refractivity contribution in [3.63, 3.8) is 0 Å². The first-order chi connectivity index (χ1) is 12.5. The fraction of sp³-hybridized carbons (Fsp3) is 0.0526. The molecule has 0 radical (unpaired) electrons. The normalized spacial score (nSPS) is 11.2. The number of rotatable bonds is 5. The molecule has 0 unspecified atom stereocenters. The SMILES string of the molecule is O=C(N/N=C\c1c(OC(F)F)ccc2ccccc12)c1ccc(O)cc1. The van der Waals surface area contributed by atoms with Gasteiger partial charge in [-0.3, -0.25) is 4.79 Å². The molecule has 3 aromatic rings. The molecule has 26 heavy (non-hydrogen) atoms. The molecule has 0 spiro atoms. The molecule has 5 nitrogen and oxygen atoms in total. The molecular weight excluding hydrogens is 342 g/mol. The highest BCUT2D eigenvalue weighted by Crippen LogP contribution is 2.27. The molecular formula is C19H14F2N2O3. The van der Waals surface area contributed by atoms with Crippen LogP contribution in [0.1, 0.15) is 15.9 Å². The summed E-state index contributed by atoms with van der Waals surface area (Å²) in [6, 6.07) is 15.9. The van der Waals surface area contributed by atoms with Crippen molar-refractivity contribution in [1.82, 2.24) is 5.43 Å². The molecule has 0 aliphatic carbocycles. The number of phenols is 1. The number of benzene rings is 3. The number of carbonyl (C=O) groups is 1. The summed E-state index contributed by atoms with van der Waals surface area (Å²) in [5.74, 6) is -0.506. The summed E-state index contributed by atoms with van der Waals surface area (Å²) in [5, 5.41) is 14.6. The third-order valence-electron chi connectivity index (χ3n) is 3.64. The number of fused-ring (bicyclic) bond motifs is 1. The van der Waals surface area contributed by atoms with E-state index in [2.05, 4.69) is 15.3 Å². The van der Waals surface area contributed by atoms with Crippen LogP contribution in [-0.2, 0) is 0 Å². The number of hydrazone groups is 1. The van der Waals surface area contributed by atoms with E-state index >= 15 is 0 Å². The standard InChI is InChI=1S/C19H14F2N2O3/c20-19(21)26-17-10-7-12-3-1-2-4-15(12)16(17)11-22-23-18(25)13-5-8-14(24)9-6-13/h1-11,19,24H,(H,23,25)/b22-11-. The van der Waals surface area contributed by atoms with Crippen LogP contribution in [0.4, 0.5) is 8.78 Å². The molecule has 0 aromatic heterocycles. The third kappa shape index (κ3) is 3.94. The zero-order valence-electron chi connectivity index (χ0n) is 13.4. The molecule has 3 rings (SSSR count). The van der Waals surface area contributed by atoms with E-state index < -0.39 is 12.5 Å². The number of carbonyl (C=O) groups excluding carboxylic acids is 1. The first kappa shape index (κ1) is 17.3. The molecule has 0 aliphatic heterocycles. The predicted octanol–water partition coefficient (Wildman–Crippen LogP) is 3.91. The van der Waals surface area contributed by atoms with Gasteiger partial charge in [-0.2, -0.15) is 13.9 Å². The van der Waals surface area contributed by atoms with Crippen LogP contribution in [0.25, 0.3) is 10.8 Å². The fourth-order valence-electron chi connectivity index (χ4n) is 2.44. The van der Waals surface area contributed by atoms with E-state index in [0.717, 1.165) is 5.39 Å². The van der Waals surface area contributed by atoms with E-state index in [1.54, 1.807) is 18.2 Å².